The van der Waals surface area contributed by atoms with Crippen LogP contribution in [0.4, 0.5) is 0 Å². The third-order valence-corrected chi connectivity index (χ3v) is 6.98. The van der Waals surface area contributed by atoms with Crippen LogP contribution in [0, 0.1) is 6.92 Å². The lowest BCUT2D eigenvalue weighted by molar-refractivity contribution is -0.140. The van der Waals surface area contributed by atoms with Crippen molar-refractivity contribution in [3.63, 3.8) is 0 Å². The Bertz CT molecular complexity index is 1070. The van der Waals surface area contributed by atoms with E-state index >= 15 is 0 Å². The normalized spacial score (nSPS) is 11.6. The van der Waals surface area contributed by atoms with Crippen molar-refractivity contribution >= 4 is 39.5 Å². The van der Waals surface area contributed by atoms with E-state index in [0.717, 1.165) is 20.5 Å². The second-order valence-electron chi connectivity index (χ2n) is 8.16. The Balaban J connectivity index is 1.81. The fourth-order valence-electron chi connectivity index (χ4n) is 3.71. The molecule has 2 amide bonds. The first-order valence-electron chi connectivity index (χ1n) is 11.5. The third-order valence-electron chi connectivity index (χ3n) is 5.47. The minimum atomic E-state index is -0.585. The van der Waals surface area contributed by atoms with E-state index in [4.69, 9.17) is 0 Å². The van der Waals surface area contributed by atoms with Gasteiger partial charge < -0.3 is 10.2 Å². The fraction of sp³-hybridized carbons (Fsp3) is 0.286. The number of carbonyl (C=O) groups excluding carboxylic acids is 2. The van der Waals surface area contributed by atoms with E-state index in [1.165, 1.54) is 5.56 Å². The molecular formula is C28H31BrN2O2S. The van der Waals surface area contributed by atoms with Crippen molar-refractivity contribution < 1.29 is 9.59 Å². The van der Waals surface area contributed by atoms with Crippen LogP contribution < -0.4 is 5.32 Å². The molecule has 0 aliphatic heterocycles. The van der Waals surface area contributed by atoms with Gasteiger partial charge in [0.25, 0.3) is 0 Å². The lowest BCUT2D eigenvalue weighted by Gasteiger charge is -2.31. The van der Waals surface area contributed by atoms with Crippen LogP contribution in [0.5, 0.6) is 0 Å². The number of halogens is 1. The van der Waals surface area contributed by atoms with Crippen LogP contribution >= 0.6 is 27.7 Å². The van der Waals surface area contributed by atoms with Crippen LogP contribution in [0.15, 0.2) is 88.2 Å². The molecule has 6 heteroatoms. The van der Waals surface area contributed by atoms with Gasteiger partial charge in [0.05, 0.1) is 0 Å². The van der Waals surface area contributed by atoms with E-state index in [0.29, 0.717) is 31.7 Å². The van der Waals surface area contributed by atoms with Crippen LogP contribution in [-0.4, -0.2) is 35.1 Å². The second kappa shape index (κ2) is 13.4. The summed E-state index contributed by atoms with van der Waals surface area (Å²) in [5.74, 6) is 0.511. The maximum atomic E-state index is 13.5. The Morgan fingerprint density at radius 2 is 1.68 bits per heavy atom. The van der Waals surface area contributed by atoms with E-state index in [1.807, 2.05) is 61.5 Å². The molecule has 1 N–H and O–H groups in total. The molecule has 3 aromatic carbocycles. The number of rotatable bonds is 11. The van der Waals surface area contributed by atoms with E-state index in [9.17, 15) is 9.59 Å². The molecule has 4 nitrogen and oxygen atoms in total. The smallest absolute Gasteiger partial charge is 0.243 e. The number of likely N-dealkylation sites (N-methyl/N-ethyl adjacent to an activating group) is 1. The van der Waals surface area contributed by atoms with Gasteiger partial charge in [0.15, 0.2) is 0 Å². The summed E-state index contributed by atoms with van der Waals surface area (Å²) in [5, 5.41) is 2.94. The van der Waals surface area contributed by atoms with Gasteiger partial charge in [-0.3, -0.25) is 9.59 Å². The molecule has 0 heterocycles. The lowest BCUT2D eigenvalue weighted by Crippen LogP contribution is -2.50. The molecule has 0 aliphatic rings. The molecule has 0 aliphatic carbocycles. The molecule has 3 rings (SSSR count). The standard InChI is InChI=1S/C28H31BrN2O2S/c1-3-30-28(33)26(19-22-8-5-4-6-9-22)31(20-23-10-7-11-24(29)18-23)27(32)16-17-34-25-14-12-21(2)13-15-25/h4-15,18,26H,3,16-17,19-20H2,1-2H3,(H,30,33). The monoisotopic (exact) mass is 538 g/mol. The van der Waals surface area contributed by atoms with Gasteiger partial charge in [0.1, 0.15) is 6.04 Å². The first kappa shape index (κ1) is 26.0. The fourth-order valence-corrected chi connectivity index (χ4v) is 5.00. The van der Waals surface area contributed by atoms with Crippen molar-refractivity contribution in [2.24, 2.45) is 0 Å². The second-order valence-corrected chi connectivity index (χ2v) is 10.2. The number of hydrogen-bond acceptors (Lipinski definition) is 3. The Hall–Kier alpha value is -2.57. The number of amides is 2. The van der Waals surface area contributed by atoms with E-state index < -0.39 is 6.04 Å². The van der Waals surface area contributed by atoms with Crippen molar-refractivity contribution in [2.45, 2.75) is 44.2 Å². The van der Waals surface area contributed by atoms with Gasteiger partial charge in [-0.25, -0.2) is 0 Å². The zero-order valence-corrected chi connectivity index (χ0v) is 22.1. The molecule has 0 bridgehead atoms. The summed E-state index contributed by atoms with van der Waals surface area (Å²) in [4.78, 5) is 29.6. The van der Waals surface area contributed by atoms with Crippen molar-refractivity contribution in [2.75, 3.05) is 12.3 Å². The molecule has 1 unspecified atom stereocenters. The van der Waals surface area contributed by atoms with Crippen molar-refractivity contribution in [1.82, 2.24) is 10.2 Å². The lowest BCUT2D eigenvalue weighted by atomic mass is 10.0. The zero-order valence-electron chi connectivity index (χ0n) is 19.7. The van der Waals surface area contributed by atoms with Crippen molar-refractivity contribution in [3.8, 4) is 0 Å². The maximum Gasteiger partial charge on any atom is 0.243 e. The first-order chi connectivity index (χ1) is 16.5. The highest BCUT2D eigenvalue weighted by Crippen LogP contribution is 2.22. The van der Waals surface area contributed by atoms with E-state index in [-0.39, 0.29) is 11.8 Å². The van der Waals surface area contributed by atoms with Crippen LogP contribution in [0.1, 0.15) is 30.0 Å². The Morgan fingerprint density at radius 1 is 0.971 bits per heavy atom. The summed E-state index contributed by atoms with van der Waals surface area (Å²) in [5.41, 5.74) is 3.22. The number of hydrogen-bond donors (Lipinski definition) is 1. The summed E-state index contributed by atoms with van der Waals surface area (Å²) in [6, 6.07) is 25.5. The summed E-state index contributed by atoms with van der Waals surface area (Å²) in [6.07, 6.45) is 0.828. The molecule has 178 valence electrons. The van der Waals surface area contributed by atoms with Crippen molar-refractivity contribution in [3.05, 3.63) is 100 Å². The predicted octanol–water partition coefficient (Wildman–Crippen LogP) is 6.02. The van der Waals surface area contributed by atoms with Crippen LogP contribution in [-0.2, 0) is 22.6 Å². The molecule has 0 radical (unpaired) electrons. The molecule has 34 heavy (non-hydrogen) atoms. The third kappa shape index (κ3) is 8.03. The Morgan fingerprint density at radius 3 is 2.35 bits per heavy atom. The molecule has 3 aromatic rings. The number of thioether (sulfide) groups is 1. The number of nitrogens with one attached hydrogen (secondary N) is 1. The van der Waals surface area contributed by atoms with Crippen LogP contribution in [0.2, 0.25) is 0 Å². The Labute approximate surface area is 215 Å². The van der Waals surface area contributed by atoms with Crippen molar-refractivity contribution in [1.29, 1.82) is 0 Å². The van der Waals surface area contributed by atoms with Gasteiger partial charge in [-0.15, -0.1) is 11.8 Å². The maximum absolute atomic E-state index is 13.5. The summed E-state index contributed by atoms with van der Waals surface area (Å²) in [6.45, 7) is 4.86. The topological polar surface area (TPSA) is 49.4 Å². The minimum Gasteiger partial charge on any atom is -0.355 e. The predicted molar refractivity (Wildman–Crippen MR) is 144 cm³/mol. The average Bonchev–Trinajstić information content (AvgIpc) is 2.83. The summed E-state index contributed by atoms with van der Waals surface area (Å²) < 4.78 is 0.949. The summed E-state index contributed by atoms with van der Waals surface area (Å²) in [7, 11) is 0. The zero-order chi connectivity index (χ0) is 24.3. The number of aryl methyl sites for hydroxylation is 1. The molecule has 0 spiro atoms. The highest BCUT2D eigenvalue weighted by Gasteiger charge is 2.29. The highest BCUT2D eigenvalue weighted by molar-refractivity contribution is 9.10. The number of carbonyl (C=O) groups is 2. The first-order valence-corrected chi connectivity index (χ1v) is 13.3. The van der Waals surface area contributed by atoms with Gasteiger partial charge >= 0.3 is 0 Å². The van der Waals surface area contributed by atoms with Gasteiger partial charge in [-0.05, 0) is 49.2 Å². The molecule has 0 fully saturated rings. The van der Waals surface area contributed by atoms with E-state index in [2.05, 4.69) is 52.4 Å². The molecular weight excluding hydrogens is 508 g/mol. The minimum absolute atomic E-state index is 0.0215. The molecule has 0 aromatic heterocycles. The molecule has 1 atom stereocenters. The summed E-state index contributed by atoms with van der Waals surface area (Å²) >= 11 is 5.18. The largest absolute Gasteiger partial charge is 0.355 e. The van der Waals surface area contributed by atoms with Gasteiger partial charge in [-0.2, -0.15) is 0 Å². The van der Waals surface area contributed by atoms with Gasteiger partial charge in [-0.1, -0.05) is 76.1 Å². The van der Waals surface area contributed by atoms with Crippen LogP contribution in [0.25, 0.3) is 0 Å². The van der Waals surface area contributed by atoms with E-state index in [1.54, 1.807) is 16.7 Å². The van der Waals surface area contributed by atoms with Gasteiger partial charge in [0.2, 0.25) is 11.8 Å². The van der Waals surface area contributed by atoms with Gasteiger partial charge in [0, 0.05) is 41.1 Å². The van der Waals surface area contributed by atoms with Crippen LogP contribution in [0.3, 0.4) is 0 Å². The molecule has 0 saturated heterocycles. The number of nitrogens with zero attached hydrogens (tertiary/aromatic N) is 1. The highest BCUT2D eigenvalue weighted by atomic mass is 79.9. The quantitative estimate of drug-likeness (QED) is 0.304. The molecule has 0 saturated carbocycles. The average molecular weight is 540 g/mol. The number of benzene rings is 3. The SMILES string of the molecule is CCNC(=O)C(Cc1ccccc1)N(Cc1cccc(Br)c1)C(=O)CCSc1ccc(C)cc1. The Kier molecular flexibility index (Phi) is 10.2.